The highest BCUT2D eigenvalue weighted by molar-refractivity contribution is 5.97. The smallest absolute Gasteiger partial charge is 0.416 e. The molecule has 0 heterocycles. The molecule has 0 aliphatic carbocycles. The van der Waals surface area contributed by atoms with Gasteiger partial charge in [-0.1, -0.05) is 42.5 Å². The van der Waals surface area contributed by atoms with Crippen LogP contribution in [-0.4, -0.2) is 41.1 Å². The maximum absolute atomic E-state index is 13.1. The molecule has 0 saturated heterocycles. The van der Waals surface area contributed by atoms with Gasteiger partial charge in [-0.25, -0.2) is 14.4 Å². The number of halogens is 6. The van der Waals surface area contributed by atoms with E-state index in [1.807, 2.05) is 0 Å². The van der Waals surface area contributed by atoms with Gasteiger partial charge in [0, 0.05) is 6.54 Å². The lowest BCUT2D eigenvalue weighted by Crippen LogP contribution is -2.50. The molecule has 216 valence electrons. The van der Waals surface area contributed by atoms with E-state index in [0.717, 1.165) is 24.3 Å². The molecule has 0 radical (unpaired) electrons. The normalized spacial score (nSPS) is 13.0. The van der Waals surface area contributed by atoms with Crippen molar-refractivity contribution in [1.29, 1.82) is 0 Å². The number of amides is 1. The molecule has 0 aromatic heterocycles. The maximum Gasteiger partial charge on any atom is 0.416 e. The first-order valence-electron chi connectivity index (χ1n) is 11.5. The number of aliphatic carboxylic acids is 1. The molecular formula is C27H19F6NO7. The van der Waals surface area contributed by atoms with Crippen LogP contribution < -0.4 is 5.32 Å². The molecule has 3 aromatic rings. The van der Waals surface area contributed by atoms with Crippen LogP contribution in [0.15, 0.2) is 78.9 Å². The van der Waals surface area contributed by atoms with Gasteiger partial charge in [0.15, 0.2) is 0 Å². The molecule has 0 aliphatic rings. The van der Waals surface area contributed by atoms with Gasteiger partial charge in [-0.2, -0.15) is 26.3 Å². The average Bonchev–Trinajstić information content (AvgIpc) is 2.93. The van der Waals surface area contributed by atoms with E-state index in [2.05, 4.69) is 5.32 Å². The number of benzene rings is 3. The highest BCUT2D eigenvalue weighted by Gasteiger charge is 2.41. The summed E-state index contributed by atoms with van der Waals surface area (Å²) in [5.41, 5.74) is -3.45. The van der Waals surface area contributed by atoms with Crippen LogP contribution >= 0.6 is 0 Å². The molecule has 0 bridgehead atoms. The molecule has 3 aromatic carbocycles. The molecule has 0 saturated carbocycles. The van der Waals surface area contributed by atoms with Gasteiger partial charge in [-0.3, -0.25) is 4.79 Å². The Bertz CT molecular complexity index is 1420. The van der Waals surface area contributed by atoms with Crippen LogP contribution in [0.5, 0.6) is 0 Å². The van der Waals surface area contributed by atoms with Crippen LogP contribution in [0.4, 0.5) is 26.3 Å². The van der Waals surface area contributed by atoms with Crippen LogP contribution in [-0.2, 0) is 38.0 Å². The van der Waals surface area contributed by atoms with Crippen molar-refractivity contribution in [2.75, 3.05) is 0 Å². The molecule has 3 rings (SSSR count). The highest BCUT2D eigenvalue weighted by Crippen LogP contribution is 2.31. The van der Waals surface area contributed by atoms with Crippen molar-refractivity contribution in [2.24, 2.45) is 0 Å². The van der Waals surface area contributed by atoms with Gasteiger partial charge >= 0.3 is 30.3 Å². The van der Waals surface area contributed by atoms with Gasteiger partial charge in [-0.15, -0.1) is 0 Å². The summed E-state index contributed by atoms with van der Waals surface area (Å²) in [4.78, 5) is 50.4. The van der Waals surface area contributed by atoms with Gasteiger partial charge in [0.25, 0.3) is 5.91 Å². The van der Waals surface area contributed by atoms with E-state index in [1.54, 1.807) is 30.3 Å². The number of carboxylic acids is 1. The number of nitrogens with one attached hydrogen (secondary N) is 1. The van der Waals surface area contributed by atoms with Crippen LogP contribution in [0, 0.1) is 0 Å². The van der Waals surface area contributed by atoms with Gasteiger partial charge in [0.2, 0.25) is 12.2 Å². The zero-order chi connectivity index (χ0) is 30.4. The van der Waals surface area contributed by atoms with Gasteiger partial charge < -0.3 is 19.9 Å². The lowest BCUT2D eigenvalue weighted by atomic mass is 10.1. The minimum atomic E-state index is -4.86. The van der Waals surface area contributed by atoms with E-state index in [-0.39, 0.29) is 6.54 Å². The zero-order valence-corrected chi connectivity index (χ0v) is 20.5. The number of hydrogen-bond acceptors (Lipinski definition) is 6. The number of ether oxygens (including phenoxy) is 2. The molecule has 8 nitrogen and oxygen atoms in total. The molecule has 0 aliphatic heterocycles. The van der Waals surface area contributed by atoms with Crippen molar-refractivity contribution in [3.8, 4) is 0 Å². The topological polar surface area (TPSA) is 119 Å². The summed E-state index contributed by atoms with van der Waals surface area (Å²) in [6, 6.07) is 13.6. The predicted molar refractivity (Wildman–Crippen MR) is 127 cm³/mol. The zero-order valence-electron chi connectivity index (χ0n) is 20.5. The van der Waals surface area contributed by atoms with E-state index in [9.17, 15) is 50.6 Å². The van der Waals surface area contributed by atoms with Crippen molar-refractivity contribution in [1.82, 2.24) is 5.32 Å². The number of carboxylic acid groups (broad SMARTS) is 1. The summed E-state index contributed by atoms with van der Waals surface area (Å²) in [5.74, 6) is -6.54. The monoisotopic (exact) mass is 583 g/mol. The highest BCUT2D eigenvalue weighted by atomic mass is 19.4. The molecule has 2 N–H and O–H groups in total. The minimum Gasteiger partial charge on any atom is -0.478 e. The summed E-state index contributed by atoms with van der Waals surface area (Å²) in [6.07, 6.45) is -14.8. The van der Waals surface area contributed by atoms with E-state index in [4.69, 9.17) is 9.47 Å². The summed E-state index contributed by atoms with van der Waals surface area (Å²) >= 11 is 0. The second-order valence-corrected chi connectivity index (χ2v) is 8.35. The number of rotatable bonds is 9. The Hall–Kier alpha value is -4.88. The summed E-state index contributed by atoms with van der Waals surface area (Å²) in [6.45, 7) is -0.231. The van der Waals surface area contributed by atoms with Gasteiger partial charge in [-0.05, 0) is 42.0 Å². The third kappa shape index (κ3) is 8.30. The van der Waals surface area contributed by atoms with Crippen molar-refractivity contribution in [3.05, 3.63) is 107 Å². The second kappa shape index (κ2) is 12.5. The first-order valence-corrected chi connectivity index (χ1v) is 11.5. The van der Waals surface area contributed by atoms with Gasteiger partial charge in [0.05, 0.1) is 22.3 Å². The fourth-order valence-electron chi connectivity index (χ4n) is 3.39. The largest absolute Gasteiger partial charge is 0.478 e. The number of alkyl halides is 6. The average molecular weight is 583 g/mol. The first kappa shape index (κ1) is 30.7. The summed E-state index contributed by atoms with van der Waals surface area (Å²) in [5, 5.41) is 12.0. The molecule has 14 heteroatoms. The Balaban J connectivity index is 1.92. The molecule has 0 unspecified atom stereocenters. The Morgan fingerprint density at radius 1 is 0.683 bits per heavy atom. The molecule has 2 atom stereocenters. The quantitative estimate of drug-likeness (QED) is 0.272. The van der Waals surface area contributed by atoms with Crippen molar-refractivity contribution in [3.63, 3.8) is 0 Å². The fourth-order valence-corrected chi connectivity index (χ4v) is 3.39. The van der Waals surface area contributed by atoms with E-state index >= 15 is 0 Å². The van der Waals surface area contributed by atoms with Crippen LogP contribution in [0.2, 0.25) is 0 Å². The third-order valence-electron chi connectivity index (χ3n) is 5.41. The number of esters is 2. The summed E-state index contributed by atoms with van der Waals surface area (Å²) in [7, 11) is 0. The van der Waals surface area contributed by atoms with Crippen molar-refractivity contribution < 1.29 is 60.1 Å². The maximum atomic E-state index is 13.1. The van der Waals surface area contributed by atoms with Gasteiger partial charge in [0.1, 0.15) is 0 Å². The number of carbonyl (C=O) groups is 4. The van der Waals surface area contributed by atoms with Crippen molar-refractivity contribution in [2.45, 2.75) is 31.1 Å². The lowest BCUT2D eigenvalue weighted by molar-refractivity contribution is -0.159. The van der Waals surface area contributed by atoms with Crippen LogP contribution in [0.3, 0.4) is 0 Å². The number of hydrogen-bond donors (Lipinski definition) is 2. The molecule has 0 spiro atoms. The van der Waals surface area contributed by atoms with Crippen LogP contribution in [0.1, 0.15) is 37.4 Å². The Labute approximate surface area is 227 Å². The van der Waals surface area contributed by atoms with E-state index < -0.39 is 70.6 Å². The fraction of sp³-hybridized carbons (Fsp3) is 0.185. The Morgan fingerprint density at radius 3 is 1.59 bits per heavy atom. The molecule has 0 fully saturated rings. The van der Waals surface area contributed by atoms with Crippen LogP contribution in [0.25, 0.3) is 0 Å². The van der Waals surface area contributed by atoms with E-state index in [0.29, 0.717) is 29.8 Å². The Kier molecular flexibility index (Phi) is 9.37. The molecule has 1 amide bonds. The number of carbonyl (C=O) groups excluding carboxylic acids is 3. The SMILES string of the molecule is O=C(O[C@@H](C(=O)O)[C@@H](OC(=O)c1cccc(C(F)(F)F)c1)C(=O)NCc1ccccc1)c1cccc(C(F)(F)F)c1. The minimum absolute atomic E-state index is 0.231. The van der Waals surface area contributed by atoms with Crippen molar-refractivity contribution >= 4 is 23.8 Å². The second-order valence-electron chi connectivity index (χ2n) is 8.35. The Morgan fingerprint density at radius 2 is 1.15 bits per heavy atom. The van der Waals surface area contributed by atoms with E-state index in [1.165, 1.54) is 0 Å². The standard InChI is InChI=1S/C27H19F6NO7/c28-26(29,30)18-10-4-8-16(12-18)24(38)40-20(22(35)34-14-15-6-2-1-3-7-15)21(23(36)37)41-25(39)17-9-5-11-19(13-17)27(31,32)33/h1-13,20-21H,14H2,(H,34,35)(H,36,37)/t20-,21-/m1/s1. The lowest BCUT2D eigenvalue weighted by Gasteiger charge is -2.24. The third-order valence-corrected chi connectivity index (χ3v) is 5.41. The molecule has 41 heavy (non-hydrogen) atoms. The first-order chi connectivity index (χ1) is 19.2. The molecular weight excluding hydrogens is 564 g/mol. The predicted octanol–water partition coefficient (Wildman–Crippen LogP) is 4.88. The summed E-state index contributed by atoms with van der Waals surface area (Å²) < 4.78 is 88.2.